The van der Waals surface area contributed by atoms with Crippen molar-refractivity contribution in [3.8, 4) is 12.3 Å². The SMILES string of the molecule is C#Cc1cc(N)cc(Cl)c1. The van der Waals surface area contributed by atoms with Crippen molar-refractivity contribution >= 4 is 17.3 Å². The van der Waals surface area contributed by atoms with E-state index in [9.17, 15) is 0 Å². The minimum Gasteiger partial charge on any atom is -0.399 e. The molecule has 50 valence electrons. The van der Waals surface area contributed by atoms with Crippen molar-refractivity contribution in [1.29, 1.82) is 0 Å². The smallest absolute Gasteiger partial charge is 0.0438 e. The lowest BCUT2D eigenvalue weighted by atomic mass is 10.2. The van der Waals surface area contributed by atoms with Crippen molar-refractivity contribution in [3.63, 3.8) is 0 Å². The van der Waals surface area contributed by atoms with E-state index in [1.54, 1.807) is 18.2 Å². The van der Waals surface area contributed by atoms with E-state index >= 15 is 0 Å². The molecule has 0 aliphatic rings. The molecular formula is C8H6ClN. The van der Waals surface area contributed by atoms with Gasteiger partial charge in [0.1, 0.15) is 0 Å². The molecule has 0 unspecified atom stereocenters. The Labute approximate surface area is 64.8 Å². The molecule has 0 aromatic heterocycles. The van der Waals surface area contributed by atoms with Gasteiger partial charge in [0.15, 0.2) is 0 Å². The van der Waals surface area contributed by atoms with Gasteiger partial charge in [0.25, 0.3) is 0 Å². The molecule has 0 aliphatic carbocycles. The summed E-state index contributed by atoms with van der Waals surface area (Å²) in [5.74, 6) is 2.44. The van der Waals surface area contributed by atoms with Gasteiger partial charge in [-0.15, -0.1) is 6.42 Å². The molecule has 0 fully saturated rings. The third-order valence-corrected chi connectivity index (χ3v) is 1.30. The zero-order chi connectivity index (χ0) is 7.56. The summed E-state index contributed by atoms with van der Waals surface area (Å²) in [6, 6.07) is 5.05. The van der Waals surface area contributed by atoms with E-state index in [2.05, 4.69) is 5.92 Å². The van der Waals surface area contributed by atoms with Gasteiger partial charge in [0, 0.05) is 16.3 Å². The van der Waals surface area contributed by atoms with Crippen LogP contribution in [0.1, 0.15) is 5.56 Å². The Balaban J connectivity index is 3.22. The summed E-state index contributed by atoms with van der Waals surface area (Å²) in [4.78, 5) is 0. The fourth-order valence-corrected chi connectivity index (χ4v) is 0.939. The zero-order valence-electron chi connectivity index (χ0n) is 5.26. The van der Waals surface area contributed by atoms with Gasteiger partial charge < -0.3 is 5.73 Å². The molecule has 0 saturated heterocycles. The molecule has 0 radical (unpaired) electrons. The molecule has 1 aromatic carbocycles. The van der Waals surface area contributed by atoms with Gasteiger partial charge in [0.05, 0.1) is 0 Å². The first-order chi connectivity index (χ1) is 4.72. The highest BCUT2D eigenvalue weighted by molar-refractivity contribution is 6.30. The highest BCUT2D eigenvalue weighted by Gasteiger charge is 1.92. The fraction of sp³-hybridized carbons (Fsp3) is 0. The molecule has 0 spiro atoms. The fourth-order valence-electron chi connectivity index (χ4n) is 0.696. The Morgan fingerprint density at radius 1 is 1.40 bits per heavy atom. The minimum absolute atomic E-state index is 0.577. The topological polar surface area (TPSA) is 26.0 Å². The lowest BCUT2D eigenvalue weighted by molar-refractivity contribution is 1.63. The molecule has 10 heavy (non-hydrogen) atoms. The van der Waals surface area contributed by atoms with E-state index < -0.39 is 0 Å². The van der Waals surface area contributed by atoms with E-state index in [1.165, 1.54) is 0 Å². The Hall–Kier alpha value is -1.13. The van der Waals surface area contributed by atoms with Crippen LogP contribution < -0.4 is 5.73 Å². The van der Waals surface area contributed by atoms with E-state index in [0.29, 0.717) is 16.3 Å². The van der Waals surface area contributed by atoms with Gasteiger partial charge in [0.2, 0.25) is 0 Å². The first-order valence-corrected chi connectivity index (χ1v) is 3.13. The van der Waals surface area contributed by atoms with E-state index in [1.807, 2.05) is 0 Å². The summed E-state index contributed by atoms with van der Waals surface area (Å²) < 4.78 is 0. The molecule has 1 nitrogen and oxygen atoms in total. The van der Waals surface area contributed by atoms with Gasteiger partial charge in [-0.1, -0.05) is 17.5 Å². The van der Waals surface area contributed by atoms with Crippen molar-refractivity contribution in [1.82, 2.24) is 0 Å². The lowest BCUT2D eigenvalue weighted by Crippen LogP contribution is -1.85. The van der Waals surface area contributed by atoms with Crippen LogP contribution in [0, 0.1) is 12.3 Å². The third kappa shape index (κ3) is 1.43. The van der Waals surface area contributed by atoms with Gasteiger partial charge in [-0.2, -0.15) is 0 Å². The average Bonchev–Trinajstić information content (AvgIpc) is 1.85. The van der Waals surface area contributed by atoms with Crippen LogP contribution >= 0.6 is 11.6 Å². The van der Waals surface area contributed by atoms with Gasteiger partial charge in [-0.25, -0.2) is 0 Å². The summed E-state index contributed by atoms with van der Waals surface area (Å²) in [5, 5.41) is 0.577. The monoisotopic (exact) mass is 151 g/mol. The second kappa shape index (κ2) is 2.64. The Morgan fingerprint density at radius 3 is 2.60 bits per heavy atom. The maximum atomic E-state index is 5.65. The Kier molecular flexibility index (Phi) is 1.84. The van der Waals surface area contributed by atoms with Crippen molar-refractivity contribution < 1.29 is 0 Å². The second-order valence-electron chi connectivity index (χ2n) is 1.92. The number of terminal acetylenes is 1. The van der Waals surface area contributed by atoms with E-state index in [0.717, 1.165) is 0 Å². The number of anilines is 1. The minimum atomic E-state index is 0.577. The molecule has 1 aromatic rings. The predicted molar refractivity (Wildman–Crippen MR) is 43.8 cm³/mol. The normalized spacial score (nSPS) is 8.80. The number of nitrogens with two attached hydrogens (primary N) is 1. The molecule has 1 rings (SSSR count). The summed E-state index contributed by atoms with van der Waals surface area (Å²) in [6.45, 7) is 0. The number of hydrogen-bond donors (Lipinski definition) is 1. The van der Waals surface area contributed by atoms with Crippen molar-refractivity contribution in [2.45, 2.75) is 0 Å². The summed E-state index contributed by atoms with van der Waals surface area (Å²) in [7, 11) is 0. The van der Waals surface area contributed by atoms with Crippen LogP contribution in [-0.2, 0) is 0 Å². The van der Waals surface area contributed by atoms with Gasteiger partial charge in [-0.05, 0) is 18.2 Å². The Bertz CT molecular complexity index is 266. The van der Waals surface area contributed by atoms with Crippen LogP contribution in [0.15, 0.2) is 18.2 Å². The quantitative estimate of drug-likeness (QED) is 0.445. The number of benzene rings is 1. The highest BCUT2D eigenvalue weighted by Crippen LogP contribution is 2.15. The summed E-state index contributed by atoms with van der Waals surface area (Å²) in [6.07, 6.45) is 5.12. The number of rotatable bonds is 0. The van der Waals surface area contributed by atoms with Crippen LogP contribution in [0.3, 0.4) is 0 Å². The zero-order valence-corrected chi connectivity index (χ0v) is 6.02. The standard InChI is InChI=1S/C8H6ClN/c1-2-6-3-7(9)5-8(10)4-6/h1,3-5H,10H2. The van der Waals surface area contributed by atoms with Crippen LogP contribution in [0.5, 0.6) is 0 Å². The van der Waals surface area contributed by atoms with E-state index in [4.69, 9.17) is 23.8 Å². The van der Waals surface area contributed by atoms with Crippen LogP contribution in [0.4, 0.5) is 5.69 Å². The highest BCUT2D eigenvalue weighted by atomic mass is 35.5. The second-order valence-corrected chi connectivity index (χ2v) is 2.35. The molecule has 0 bridgehead atoms. The molecule has 0 aliphatic heterocycles. The number of nitrogen functional groups attached to an aromatic ring is 1. The van der Waals surface area contributed by atoms with Gasteiger partial charge in [-0.3, -0.25) is 0 Å². The maximum Gasteiger partial charge on any atom is 0.0438 e. The molecule has 2 heteroatoms. The molecule has 0 atom stereocenters. The first kappa shape index (κ1) is 6.98. The summed E-state index contributed by atoms with van der Waals surface area (Å²) >= 11 is 5.65. The number of halogens is 1. The third-order valence-electron chi connectivity index (χ3n) is 1.09. The van der Waals surface area contributed by atoms with Crippen LogP contribution in [0.25, 0.3) is 0 Å². The van der Waals surface area contributed by atoms with Crippen molar-refractivity contribution in [3.05, 3.63) is 28.8 Å². The molecule has 0 saturated carbocycles. The molecule has 0 amide bonds. The lowest BCUT2D eigenvalue weighted by Gasteiger charge is -1.94. The summed E-state index contributed by atoms with van der Waals surface area (Å²) in [5.41, 5.74) is 6.77. The van der Waals surface area contributed by atoms with Crippen molar-refractivity contribution in [2.75, 3.05) is 5.73 Å². The maximum absolute atomic E-state index is 5.65. The van der Waals surface area contributed by atoms with E-state index in [-0.39, 0.29) is 0 Å². The molecular weight excluding hydrogens is 146 g/mol. The van der Waals surface area contributed by atoms with Gasteiger partial charge >= 0.3 is 0 Å². The molecule has 2 N–H and O–H groups in total. The van der Waals surface area contributed by atoms with Crippen LogP contribution in [0.2, 0.25) is 5.02 Å². The van der Waals surface area contributed by atoms with Crippen molar-refractivity contribution in [2.24, 2.45) is 0 Å². The predicted octanol–water partition coefficient (Wildman–Crippen LogP) is 1.90. The number of hydrogen-bond acceptors (Lipinski definition) is 1. The largest absolute Gasteiger partial charge is 0.399 e. The molecule has 0 heterocycles. The first-order valence-electron chi connectivity index (χ1n) is 2.75. The average molecular weight is 152 g/mol. The Morgan fingerprint density at radius 2 is 2.10 bits per heavy atom. The van der Waals surface area contributed by atoms with Crippen LogP contribution in [-0.4, -0.2) is 0 Å².